The van der Waals surface area contributed by atoms with Crippen molar-refractivity contribution >= 4 is 45.9 Å². The summed E-state index contributed by atoms with van der Waals surface area (Å²) in [5.74, 6) is -6.47. The molecular formula is C25H33F3O19S. The summed E-state index contributed by atoms with van der Waals surface area (Å²) < 4.78 is 116. The van der Waals surface area contributed by atoms with E-state index in [4.69, 9.17) is 42.6 Å². The number of rotatable bonds is 12. The van der Waals surface area contributed by atoms with Crippen molar-refractivity contribution in [2.45, 2.75) is 108 Å². The third kappa shape index (κ3) is 11.2. The summed E-state index contributed by atoms with van der Waals surface area (Å²) in [6.07, 6.45) is -21.1. The maximum Gasteiger partial charge on any atom is 0.523 e. The summed E-state index contributed by atoms with van der Waals surface area (Å²) in [7, 11) is -6.61. The van der Waals surface area contributed by atoms with Crippen LogP contribution in [0.25, 0.3) is 0 Å². The van der Waals surface area contributed by atoms with E-state index in [2.05, 4.69) is 4.18 Å². The highest BCUT2D eigenvalue weighted by atomic mass is 32.2. The van der Waals surface area contributed by atoms with Crippen LogP contribution in [0.2, 0.25) is 0 Å². The molecule has 1 unspecified atom stereocenters. The molecule has 0 saturated carbocycles. The van der Waals surface area contributed by atoms with Crippen molar-refractivity contribution in [3.8, 4) is 0 Å². The van der Waals surface area contributed by atoms with Gasteiger partial charge in [0.05, 0.1) is 0 Å². The molecule has 2 saturated heterocycles. The van der Waals surface area contributed by atoms with Crippen LogP contribution in [0.4, 0.5) is 13.2 Å². The molecule has 0 aromatic rings. The standard InChI is InChI=1S/C25H33F3O19S/c1-9(29)38-7-15-18(19(41-12(4)32)21(23(35)44-15)43-14(6)34)46-24-22(47-48(36,37)25(26,27)28)20(42-13(5)33)17(40-11(3)31)16(45-24)8-39-10(2)30/h15-24,35H,7-8H2,1-6H3/t15-,16-,17-,18-,19+,20+,21-,22+,23?,24+/m1/s1. The van der Waals surface area contributed by atoms with E-state index in [1.165, 1.54) is 0 Å². The lowest BCUT2D eigenvalue weighted by molar-refractivity contribution is -0.354. The monoisotopic (exact) mass is 726 g/mol. The third-order valence-electron chi connectivity index (χ3n) is 6.12. The van der Waals surface area contributed by atoms with E-state index in [1.807, 2.05) is 0 Å². The average molecular weight is 727 g/mol. The summed E-state index contributed by atoms with van der Waals surface area (Å²) in [6, 6.07) is 0. The number of carbonyl (C=O) groups is 6. The van der Waals surface area contributed by atoms with Gasteiger partial charge in [-0.25, -0.2) is 0 Å². The largest absolute Gasteiger partial charge is 0.523 e. The third-order valence-corrected chi connectivity index (χ3v) is 7.17. The lowest BCUT2D eigenvalue weighted by Crippen LogP contribution is -2.67. The summed E-state index contributed by atoms with van der Waals surface area (Å²) in [6.45, 7) is 3.50. The number of aliphatic hydroxyl groups is 1. The number of aliphatic hydroxyl groups excluding tert-OH is 1. The van der Waals surface area contributed by atoms with Crippen LogP contribution >= 0.6 is 0 Å². The lowest BCUT2D eigenvalue weighted by Gasteiger charge is -2.48. The van der Waals surface area contributed by atoms with Gasteiger partial charge in [-0.05, 0) is 0 Å². The molecule has 2 aliphatic rings. The van der Waals surface area contributed by atoms with E-state index in [0.29, 0.717) is 0 Å². The van der Waals surface area contributed by atoms with Crippen molar-refractivity contribution in [3.05, 3.63) is 0 Å². The van der Waals surface area contributed by atoms with Crippen LogP contribution in [0, 0.1) is 0 Å². The van der Waals surface area contributed by atoms with E-state index in [9.17, 15) is 55.5 Å². The smallest absolute Gasteiger partial charge is 0.463 e. The van der Waals surface area contributed by atoms with E-state index < -0.39 is 126 Å². The molecule has 2 aliphatic heterocycles. The van der Waals surface area contributed by atoms with Gasteiger partial charge in [-0.3, -0.25) is 33.0 Å². The molecule has 48 heavy (non-hydrogen) atoms. The normalized spacial score (nSPS) is 30.7. The second kappa shape index (κ2) is 16.6. The molecular weight excluding hydrogens is 693 g/mol. The molecule has 0 amide bonds. The van der Waals surface area contributed by atoms with Crippen molar-refractivity contribution in [3.63, 3.8) is 0 Å². The van der Waals surface area contributed by atoms with Gasteiger partial charge in [0.15, 0.2) is 43.1 Å². The summed E-state index contributed by atoms with van der Waals surface area (Å²) >= 11 is 0. The molecule has 0 bridgehead atoms. The molecule has 0 spiro atoms. The zero-order chi connectivity index (χ0) is 36.7. The minimum absolute atomic E-state index is 0.748. The first kappa shape index (κ1) is 40.5. The Kier molecular flexibility index (Phi) is 14.1. The van der Waals surface area contributed by atoms with E-state index >= 15 is 0 Å². The summed E-state index contributed by atoms with van der Waals surface area (Å²) in [5.41, 5.74) is -6.10. The lowest BCUT2D eigenvalue weighted by atomic mass is 9.96. The minimum Gasteiger partial charge on any atom is -0.463 e. The Morgan fingerprint density at radius 1 is 0.604 bits per heavy atom. The predicted molar refractivity (Wildman–Crippen MR) is 140 cm³/mol. The molecule has 10 atom stereocenters. The van der Waals surface area contributed by atoms with Crippen molar-refractivity contribution in [2.24, 2.45) is 0 Å². The van der Waals surface area contributed by atoms with Gasteiger partial charge in [-0.2, -0.15) is 21.6 Å². The highest BCUT2D eigenvalue weighted by molar-refractivity contribution is 7.87. The molecule has 2 heterocycles. The highest BCUT2D eigenvalue weighted by Crippen LogP contribution is 2.37. The SMILES string of the molecule is CC(=O)OC[C@H]1O[C@@H](O[C@H]2[C@H](OC(C)=O)[C@@H](OC(C)=O)C(O)O[C@@H]2COC(C)=O)[C@@H](OS(=O)(=O)C(F)(F)F)[C@@H](OC(C)=O)[C@@H]1OC(C)=O. The molecule has 0 aromatic heterocycles. The van der Waals surface area contributed by atoms with E-state index in [0.717, 1.165) is 41.5 Å². The van der Waals surface area contributed by atoms with Gasteiger partial charge in [0.25, 0.3) is 0 Å². The number of ether oxygens (including phenoxy) is 9. The van der Waals surface area contributed by atoms with Crippen LogP contribution < -0.4 is 0 Å². The van der Waals surface area contributed by atoms with Crippen LogP contribution in [0.15, 0.2) is 0 Å². The number of halogens is 3. The number of carbonyl (C=O) groups excluding carboxylic acids is 6. The Morgan fingerprint density at radius 3 is 1.42 bits per heavy atom. The molecule has 2 fully saturated rings. The maximum absolute atomic E-state index is 13.6. The van der Waals surface area contributed by atoms with Crippen molar-refractivity contribution in [1.29, 1.82) is 0 Å². The Labute approximate surface area is 270 Å². The van der Waals surface area contributed by atoms with Gasteiger partial charge in [0, 0.05) is 41.5 Å². The minimum atomic E-state index is -6.61. The molecule has 0 aliphatic carbocycles. The van der Waals surface area contributed by atoms with Gasteiger partial charge in [-0.1, -0.05) is 0 Å². The fraction of sp³-hybridized carbons (Fsp3) is 0.760. The Morgan fingerprint density at radius 2 is 1.00 bits per heavy atom. The zero-order valence-electron chi connectivity index (χ0n) is 26.0. The first-order valence-corrected chi connectivity index (χ1v) is 15.0. The fourth-order valence-corrected chi connectivity index (χ4v) is 5.08. The van der Waals surface area contributed by atoms with Crippen molar-refractivity contribution < 1.29 is 102 Å². The molecule has 19 nitrogen and oxygen atoms in total. The van der Waals surface area contributed by atoms with Crippen LogP contribution in [0.5, 0.6) is 0 Å². The quantitative estimate of drug-likeness (QED) is 0.108. The molecule has 2 rings (SSSR count). The second-order valence-electron chi connectivity index (χ2n) is 10.1. The molecule has 274 valence electrons. The van der Waals surface area contributed by atoms with Crippen LogP contribution in [-0.4, -0.2) is 129 Å². The number of alkyl halides is 3. The second-order valence-corrected chi connectivity index (χ2v) is 11.6. The van der Waals surface area contributed by atoms with Gasteiger partial charge < -0.3 is 47.7 Å². The predicted octanol–water partition coefficient (Wildman–Crippen LogP) is -1.10. The Hall–Kier alpha value is -3.64. The number of hydrogen-bond acceptors (Lipinski definition) is 19. The zero-order valence-corrected chi connectivity index (χ0v) is 26.8. The van der Waals surface area contributed by atoms with Gasteiger partial charge in [0.1, 0.15) is 31.5 Å². The summed E-state index contributed by atoms with van der Waals surface area (Å²) in [4.78, 5) is 71.2. The van der Waals surface area contributed by atoms with E-state index in [-0.39, 0.29) is 0 Å². The average Bonchev–Trinajstić information content (AvgIpc) is 2.91. The Bertz CT molecular complexity index is 1320. The summed E-state index contributed by atoms with van der Waals surface area (Å²) in [5, 5.41) is 10.6. The first-order chi connectivity index (χ1) is 22.0. The van der Waals surface area contributed by atoms with E-state index in [1.54, 1.807) is 0 Å². The molecule has 1 N–H and O–H groups in total. The van der Waals surface area contributed by atoms with Gasteiger partial charge in [-0.15, -0.1) is 0 Å². The van der Waals surface area contributed by atoms with Gasteiger partial charge in [0.2, 0.25) is 0 Å². The topological polar surface area (TPSA) is 249 Å². The van der Waals surface area contributed by atoms with Gasteiger partial charge >= 0.3 is 51.4 Å². The van der Waals surface area contributed by atoms with Crippen LogP contribution in [0.3, 0.4) is 0 Å². The van der Waals surface area contributed by atoms with Crippen molar-refractivity contribution in [2.75, 3.05) is 13.2 Å². The maximum atomic E-state index is 13.6. The molecule has 0 radical (unpaired) electrons. The molecule has 0 aromatic carbocycles. The van der Waals surface area contributed by atoms with Crippen molar-refractivity contribution in [1.82, 2.24) is 0 Å². The first-order valence-electron chi connectivity index (χ1n) is 13.6. The number of esters is 6. The fourth-order valence-electron chi connectivity index (χ4n) is 4.48. The number of hydrogen-bond donors (Lipinski definition) is 1. The Balaban J connectivity index is 2.81. The van der Waals surface area contributed by atoms with Crippen LogP contribution in [-0.2, 0) is 85.7 Å². The highest BCUT2D eigenvalue weighted by Gasteiger charge is 2.60. The molecule has 23 heteroatoms. The van der Waals surface area contributed by atoms with Crippen LogP contribution in [0.1, 0.15) is 41.5 Å².